The predicted molar refractivity (Wildman–Crippen MR) is 105 cm³/mol. The quantitative estimate of drug-likeness (QED) is 0.309. The van der Waals surface area contributed by atoms with E-state index in [4.69, 9.17) is 0 Å². The third kappa shape index (κ3) is 12.8. The van der Waals surface area contributed by atoms with Gasteiger partial charge in [-0.2, -0.15) is 35.3 Å². The second-order valence-electron chi connectivity index (χ2n) is 6.03. The second kappa shape index (κ2) is 15.0. The zero-order valence-electron chi connectivity index (χ0n) is 14.2. The van der Waals surface area contributed by atoms with Gasteiger partial charge in [0.2, 0.25) is 0 Å². The summed E-state index contributed by atoms with van der Waals surface area (Å²) in [5.41, 5.74) is 0.537. The van der Waals surface area contributed by atoms with Crippen LogP contribution in [0, 0.1) is 5.41 Å². The standard InChI is InChI=1S/C17H36S3/c1-5-8-11-18-14-17(4,15-19-12-9-6-2)16-20-13-10-7-3/h5-16H2,1-4H3. The van der Waals surface area contributed by atoms with Crippen molar-refractivity contribution in [3.05, 3.63) is 0 Å². The SMILES string of the molecule is CCCCSCC(C)(CSCCCC)CSCCCC. The highest BCUT2D eigenvalue weighted by Crippen LogP contribution is 2.32. The summed E-state index contributed by atoms with van der Waals surface area (Å²) in [4.78, 5) is 0. The fourth-order valence-electron chi connectivity index (χ4n) is 1.82. The second-order valence-corrected chi connectivity index (χ2v) is 9.34. The maximum absolute atomic E-state index is 2.52. The molecule has 0 N–H and O–H groups in total. The van der Waals surface area contributed by atoms with Gasteiger partial charge in [0.25, 0.3) is 0 Å². The van der Waals surface area contributed by atoms with Gasteiger partial charge in [-0.25, -0.2) is 0 Å². The van der Waals surface area contributed by atoms with E-state index in [1.807, 2.05) is 0 Å². The molecule has 0 amide bonds. The Morgan fingerprint density at radius 2 is 0.900 bits per heavy atom. The molecule has 0 fully saturated rings. The van der Waals surface area contributed by atoms with Gasteiger partial charge in [-0.3, -0.25) is 0 Å². The fourth-order valence-corrected chi connectivity index (χ4v) is 6.21. The summed E-state index contributed by atoms with van der Waals surface area (Å²) < 4.78 is 0. The van der Waals surface area contributed by atoms with Crippen molar-refractivity contribution in [3.8, 4) is 0 Å². The van der Waals surface area contributed by atoms with Crippen LogP contribution < -0.4 is 0 Å². The average molecular weight is 337 g/mol. The highest BCUT2D eigenvalue weighted by atomic mass is 32.2. The molecule has 20 heavy (non-hydrogen) atoms. The lowest BCUT2D eigenvalue weighted by Gasteiger charge is -2.29. The summed E-state index contributed by atoms with van der Waals surface area (Å²) in [6.07, 6.45) is 8.15. The van der Waals surface area contributed by atoms with E-state index in [1.54, 1.807) is 0 Å². The smallest absolute Gasteiger partial charge is 0.000237 e. The minimum absolute atomic E-state index is 0.537. The Balaban J connectivity index is 3.98. The van der Waals surface area contributed by atoms with Crippen LogP contribution in [0.1, 0.15) is 66.2 Å². The molecule has 0 aromatic heterocycles. The molecule has 0 aliphatic rings. The van der Waals surface area contributed by atoms with Gasteiger partial charge in [-0.15, -0.1) is 0 Å². The normalized spacial score (nSPS) is 12.0. The molecule has 0 aromatic rings. The van der Waals surface area contributed by atoms with E-state index in [9.17, 15) is 0 Å². The van der Waals surface area contributed by atoms with E-state index >= 15 is 0 Å². The molecule has 0 aliphatic heterocycles. The zero-order chi connectivity index (χ0) is 15.1. The number of thioether (sulfide) groups is 3. The van der Waals surface area contributed by atoms with E-state index in [0.717, 1.165) is 0 Å². The van der Waals surface area contributed by atoms with Crippen LogP contribution in [0.25, 0.3) is 0 Å². The zero-order valence-corrected chi connectivity index (χ0v) is 16.7. The minimum Gasteiger partial charge on any atom is -0.161 e. The summed E-state index contributed by atoms with van der Waals surface area (Å²) in [5, 5.41) is 0. The topological polar surface area (TPSA) is 0 Å². The third-order valence-electron chi connectivity index (χ3n) is 3.28. The van der Waals surface area contributed by atoms with Crippen molar-refractivity contribution in [2.75, 3.05) is 34.5 Å². The summed E-state index contributed by atoms with van der Waals surface area (Å²) in [5.74, 6) is 8.11. The molecule has 0 spiro atoms. The highest BCUT2D eigenvalue weighted by Gasteiger charge is 2.24. The monoisotopic (exact) mass is 336 g/mol. The van der Waals surface area contributed by atoms with E-state index in [2.05, 4.69) is 63.0 Å². The Morgan fingerprint density at radius 1 is 0.600 bits per heavy atom. The lowest BCUT2D eigenvalue weighted by molar-refractivity contribution is 0.503. The van der Waals surface area contributed by atoms with Crippen LogP contribution in [0.5, 0.6) is 0 Å². The first-order chi connectivity index (χ1) is 9.68. The average Bonchev–Trinajstić information content (AvgIpc) is 2.45. The molecule has 0 atom stereocenters. The molecular weight excluding hydrogens is 300 g/mol. The van der Waals surface area contributed by atoms with Crippen LogP contribution in [0.15, 0.2) is 0 Å². The van der Waals surface area contributed by atoms with Crippen molar-refractivity contribution in [3.63, 3.8) is 0 Å². The molecule has 0 saturated heterocycles. The van der Waals surface area contributed by atoms with E-state index in [0.29, 0.717) is 5.41 Å². The maximum Gasteiger partial charge on any atom is 0.000237 e. The summed E-state index contributed by atoms with van der Waals surface area (Å²) in [7, 11) is 0. The first-order valence-corrected chi connectivity index (χ1v) is 11.9. The summed E-state index contributed by atoms with van der Waals surface area (Å²) >= 11 is 6.56. The van der Waals surface area contributed by atoms with Crippen molar-refractivity contribution >= 4 is 35.3 Å². The van der Waals surface area contributed by atoms with E-state index in [1.165, 1.54) is 73.0 Å². The Kier molecular flexibility index (Phi) is 15.8. The molecule has 122 valence electrons. The first-order valence-electron chi connectivity index (χ1n) is 8.41. The highest BCUT2D eigenvalue weighted by molar-refractivity contribution is 8.01. The molecule has 0 aromatic carbocycles. The Bertz CT molecular complexity index is 163. The van der Waals surface area contributed by atoms with Gasteiger partial charge in [-0.05, 0) is 41.9 Å². The summed E-state index contributed by atoms with van der Waals surface area (Å²) in [6.45, 7) is 9.40. The fraction of sp³-hybridized carbons (Fsp3) is 1.00. The number of rotatable bonds is 15. The molecule has 0 unspecified atom stereocenters. The van der Waals surface area contributed by atoms with Gasteiger partial charge in [0, 0.05) is 17.3 Å². The Morgan fingerprint density at radius 3 is 1.15 bits per heavy atom. The molecule has 0 aliphatic carbocycles. The lowest BCUT2D eigenvalue weighted by Crippen LogP contribution is -2.26. The number of hydrogen-bond donors (Lipinski definition) is 0. The number of hydrogen-bond acceptors (Lipinski definition) is 3. The van der Waals surface area contributed by atoms with Crippen LogP contribution in [-0.4, -0.2) is 34.5 Å². The van der Waals surface area contributed by atoms with Crippen molar-refractivity contribution in [2.24, 2.45) is 5.41 Å². The van der Waals surface area contributed by atoms with Gasteiger partial charge in [0.1, 0.15) is 0 Å². The van der Waals surface area contributed by atoms with Crippen LogP contribution in [-0.2, 0) is 0 Å². The molecule has 0 heterocycles. The Hall–Kier alpha value is 1.05. The van der Waals surface area contributed by atoms with Crippen molar-refractivity contribution < 1.29 is 0 Å². The maximum atomic E-state index is 2.52. The van der Waals surface area contributed by atoms with Gasteiger partial charge >= 0.3 is 0 Å². The predicted octanol–water partition coefficient (Wildman–Crippen LogP) is 6.59. The molecule has 0 radical (unpaired) electrons. The first kappa shape index (κ1) is 21.0. The van der Waals surface area contributed by atoms with Gasteiger partial charge in [0.15, 0.2) is 0 Å². The van der Waals surface area contributed by atoms with Gasteiger partial charge in [-0.1, -0.05) is 47.0 Å². The van der Waals surface area contributed by atoms with Gasteiger partial charge in [0.05, 0.1) is 0 Å². The van der Waals surface area contributed by atoms with Crippen LogP contribution >= 0.6 is 35.3 Å². The van der Waals surface area contributed by atoms with Crippen LogP contribution in [0.3, 0.4) is 0 Å². The van der Waals surface area contributed by atoms with Crippen molar-refractivity contribution in [2.45, 2.75) is 66.2 Å². The third-order valence-corrected chi connectivity index (χ3v) is 7.71. The van der Waals surface area contributed by atoms with Gasteiger partial charge < -0.3 is 0 Å². The minimum atomic E-state index is 0.537. The number of unbranched alkanes of at least 4 members (excludes halogenated alkanes) is 3. The van der Waals surface area contributed by atoms with E-state index < -0.39 is 0 Å². The van der Waals surface area contributed by atoms with Crippen molar-refractivity contribution in [1.29, 1.82) is 0 Å². The molecule has 0 saturated carbocycles. The molecule has 0 rings (SSSR count). The van der Waals surface area contributed by atoms with Crippen LogP contribution in [0.4, 0.5) is 0 Å². The van der Waals surface area contributed by atoms with Crippen LogP contribution in [0.2, 0.25) is 0 Å². The molecule has 3 heteroatoms. The molecule has 0 bridgehead atoms. The largest absolute Gasteiger partial charge is 0.161 e. The molecular formula is C17H36S3. The van der Waals surface area contributed by atoms with E-state index in [-0.39, 0.29) is 0 Å². The Labute approximate surface area is 141 Å². The summed E-state index contributed by atoms with van der Waals surface area (Å²) in [6, 6.07) is 0. The van der Waals surface area contributed by atoms with Crippen molar-refractivity contribution in [1.82, 2.24) is 0 Å². The lowest BCUT2D eigenvalue weighted by atomic mass is 9.99. The molecule has 0 nitrogen and oxygen atoms in total.